The topological polar surface area (TPSA) is 0 Å². The molecule has 1 saturated carbocycles. The molecule has 0 aromatic heterocycles. The van der Waals surface area contributed by atoms with Gasteiger partial charge < -0.3 is 0 Å². The number of allylic oxidation sites excluding steroid dienone is 4. The van der Waals surface area contributed by atoms with Crippen LogP contribution in [0.4, 0.5) is 0 Å². The molecule has 4 rings (SSSR count). The van der Waals surface area contributed by atoms with Gasteiger partial charge in [0, 0.05) is 5.92 Å². The molecule has 0 heteroatoms. The zero-order valence-electron chi connectivity index (χ0n) is 15.4. The SMILES string of the molecule is CC1=C2[C@H](C[C@]3(CCC=C3C(C)C)CC2(C)C)c2ccccc21. The van der Waals surface area contributed by atoms with Gasteiger partial charge in [-0.05, 0) is 66.1 Å². The molecular weight excluding hydrogens is 276 g/mol. The zero-order chi connectivity index (χ0) is 16.4. The summed E-state index contributed by atoms with van der Waals surface area (Å²) >= 11 is 0. The minimum Gasteiger partial charge on any atom is -0.0845 e. The molecule has 0 aliphatic heterocycles. The van der Waals surface area contributed by atoms with Gasteiger partial charge in [0.15, 0.2) is 0 Å². The Hall–Kier alpha value is -1.30. The van der Waals surface area contributed by atoms with E-state index in [4.69, 9.17) is 0 Å². The van der Waals surface area contributed by atoms with Gasteiger partial charge in [-0.1, -0.05) is 69.2 Å². The van der Waals surface area contributed by atoms with Crippen LogP contribution in [0.25, 0.3) is 5.57 Å². The molecule has 0 saturated heterocycles. The minimum absolute atomic E-state index is 0.310. The monoisotopic (exact) mass is 306 g/mol. The predicted molar refractivity (Wildman–Crippen MR) is 99.4 cm³/mol. The van der Waals surface area contributed by atoms with Crippen LogP contribution in [-0.2, 0) is 0 Å². The van der Waals surface area contributed by atoms with Crippen molar-refractivity contribution in [1.29, 1.82) is 0 Å². The highest BCUT2D eigenvalue weighted by atomic mass is 14.6. The Morgan fingerprint density at radius 2 is 1.87 bits per heavy atom. The van der Waals surface area contributed by atoms with Crippen LogP contribution in [0.1, 0.15) is 77.3 Å². The van der Waals surface area contributed by atoms with Crippen molar-refractivity contribution in [2.45, 2.75) is 66.2 Å². The number of hydrogen-bond donors (Lipinski definition) is 0. The van der Waals surface area contributed by atoms with Gasteiger partial charge in [0.2, 0.25) is 0 Å². The van der Waals surface area contributed by atoms with Crippen molar-refractivity contribution in [3.05, 3.63) is 52.6 Å². The summed E-state index contributed by atoms with van der Waals surface area (Å²) in [5.41, 5.74) is 8.94. The van der Waals surface area contributed by atoms with Crippen LogP contribution < -0.4 is 0 Å². The summed E-state index contributed by atoms with van der Waals surface area (Å²) in [6.45, 7) is 12.2. The van der Waals surface area contributed by atoms with Gasteiger partial charge in [0.25, 0.3) is 0 Å². The Labute approximate surface area is 141 Å². The van der Waals surface area contributed by atoms with Crippen molar-refractivity contribution < 1.29 is 0 Å². The minimum atomic E-state index is 0.310. The zero-order valence-corrected chi connectivity index (χ0v) is 15.4. The quantitative estimate of drug-likeness (QED) is 0.504. The van der Waals surface area contributed by atoms with E-state index >= 15 is 0 Å². The molecule has 3 aliphatic rings. The molecular formula is C23H30. The molecule has 0 amide bonds. The lowest BCUT2D eigenvalue weighted by Gasteiger charge is -2.50. The van der Waals surface area contributed by atoms with E-state index in [9.17, 15) is 0 Å². The fraction of sp³-hybridized carbons (Fsp3) is 0.565. The number of fused-ring (bicyclic) bond motifs is 3. The first-order valence-electron chi connectivity index (χ1n) is 9.37. The predicted octanol–water partition coefficient (Wildman–Crippen LogP) is 6.74. The van der Waals surface area contributed by atoms with Crippen LogP contribution in [0.3, 0.4) is 0 Å². The highest BCUT2D eigenvalue weighted by Gasteiger charge is 2.52. The van der Waals surface area contributed by atoms with Crippen LogP contribution in [0.15, 0.2) is 41.5 Å². The molecule has 0 radical (unpaired) electrons. The molecule has 1 aromatic carbocycles. The van der Waals surface area contributed by atoms with Gasteiger partial charge in [0.05, 0.1) is 0 Å². The van der Waals surface area contributed by atoms with Crippen molar-refractivity contribution in [2.75, 3.05) is 0 Å². The largest absolute Gasteiger partial charge is 0.0845 e. The van der Waals surface area contributed by atoms with Crippen LogP contribution in [0, 0.1) is 16.7 Å². The fourth-order valence-corrected chi connectivity index (χ4v) is 6.42. The molecule has 2 atom stereocenters. The Morgan fingerprint density at radius 1 is 1.13 bits per heavy atom. The molecule has 23 heavy (non-hydrogen) atoms. The van der Waals surface area contributed by atoms with E-state index in [0.717, 1.165) is 0 Å². The average molecular weight is 306 g/mol. The van der Waals surface area contributed by atoms with Crippen molar-refractivity contribution in [3.8, 4) is 0 Å². The van der Waals surface area contributed by atoms with E-state index in [1.807, 2.05) is 0 Å². The average Bonchev–Trinajstić information content (AvgIpc) is 3.00. The Kier molecular flexibility index (Phi) is 3.21. The summed E-state index contributed by atoms with van der Waals surface area (Å²) in [4.78, 5) is 0. The maximum Gasteiger partial charge on any atom is 0.00738 e. The maximum atomic E-state index is 2.57. The molecule has 122 valence electrons. The molecule has 0 bridgehead atoms. The van der Waals surface area contributed by atoms with Crippen LogP contribution >= 0.6 is 0 Å². The van der Waals surface area contributed by atoms with Crippen LogP contribution in [0.2, 0.25) is 0 Å². The summed E-state index contributed by atoms with van der Waals surface area (Å²) < 4.78 is 0. The van der Waals surface area contributed by atoms with Gasteiger partial charge in [-0.15, -0.1) is 0 Å². The van der Waals surface area contributed by atoms with Crippen molar-refractivity contribution >= 4 is 5.57 Å². The van der Waals surface area contributed by atoms with E-state index < -0.39 is 0 Å². The van der Waals surface area contributed by atoms with Gasteiger partial charge >= 0.3 is 0 Å². The first-order chi connectivity index (χ1) is 10.9. The van der Waals surface area contributed by atoms with Crippen LogP contribution in [0.5, 0.6) is 0 Å². The van der Waals surface area contributed by atoms with Gasteiger partial charge in [-0.2, -0.15) is 0 Å². The highest BCUT2D eigenvalue weighted by molar-refractivity contribution is 5.78. The number of benzene rings is 1. The third-order valence-electron chi connectivity index (χ3n) is 6.82. The lowest BCUT2D eigenvalue weighted by atomic mass is 9.54. The molecule has 0 N–H and O–H groups in total. The Bertz CT molecular complexity index is 713. The molecule has 1 aromatic rings. The summed E-state index contributed by atoms with van der Waals surface area (Å²) in [5, 5.41) is 0. The van der Waals surface area contributed by atoms with Gasteiger partial charge in [-0.3, -0.25) is 0 Å². The maximum absolute atomic E-state index is 2.57. The normalized spacial score (nSPS) is 31.6. The standard InChI is InChI=1S/C23H30/c1-15(2)20-11-8-12-23(20)13-19-18-10-7-6-9-17(18)16(3)21(19)22(4,5)14-23/h6-7,9-11,15,19H,8,12-14H2,1-5H3/t19-,23-/m1/s1. The summed E-state index contributed by atoms with van der Waals surface area (Å²) in [6.07, 6.45) is 7.90. The highest BCUT2D eigenvalue weighted by Crippen LogP contribution is 2.66. The second kappa shape index (κ2) is 4.85. The number of rotatable bonds is 1. The fourth-order valence-electron chi connectivity index (χ4n) is 6.42. The molecule has 1 fully saturated rings. The molecule has 3 aliphatic carbocycles. The second-order valence-electron chi connectivity index (χ2n) is 9.08. The van der Waals surface area contributed by atoms with Crippen LogP contribution in [-0.4, -0.2) is 0 Å². The van der Waals surface area contributed by atoms with Gasteiger partial charge in [-0.25, -0.2) is 0 Å². The second-order valence-corrected chi connectivity index (χ2v) is 9.08. The first-order valence-corrected chi connectivity index (χ1v) is 9.37. The molecule has 0 unspecified atom stereocenters. The van der Waals surface area contributed by atoms with Crippen molar-refractivity contribution in [3.63, 3.8) is 0 Å². The molecule has 0 heterocycles. The van der Waals surface area contributed by atoms with E-state index in [0.29, 0.717) is 22.7 Å². The van der Waals surface area contributed by atoms with Gasteiger partial charge in [0.1, 0.15) is 0 Å². The number of hydrogen-bond acceptors (Lipinski definition) is 0. The van der Waals surface area contributed by atoms with E-state index in [1.165, 1.54) is 31.2 Å². The van der Waals surface area contributed by atoms with Crippen molar-refractivity contribution in [2.24, 2.45) is 16.7 Å². The smallest absolute Gasteiger partial charge is 0.00738 e. The van der Waals surface area contributed by atoms with Crippen molar-refractivity contribution in [1.82, 2.24) is 0 Å². The van der Waals surface area contributed by atoms with E-state index in [-0.39, 0.29) is 0 Å². The van der Waals surface area contributed by atoms with E-state index in [2.05, 4.69) is 65.0 Å². The third-order valence-corrected chi connectivity index (χ3v) is 6.82. The summed E-state index contributed by atoms with van der Waals surface area (Å²) in [6, 6.07) is 9.17. The summed E-state index contributed by atoms with van der Waals surface area (Å²) in [7, 11) is 0. The van der Waals surface area contributed by atoms with E-state index in [1.54, 1.807) is 22.3 Å². The third kappa shape index (κ3) is 2.03. The lowest BCUT2D eigenvalue weighted by Crippen LogP contribution is -2.38. The Balaban J connectivity index is 1.85. The summed E-state index contributed by atoms with van der Waals surface area (Å²) in [5.74, 6) is 1.34. The molecule has 0 nitrogen and oxygen atoms in total. The molecule has 1 spiro atoms. The first kappa shape index (κ1) is 15.2. The lowest BCUT2D eigenvalue weighted by molar-refractivity contribution is 0.145. The Morgan fingerprint density at radius 3 is 2.61 bits per heavy atom.